The van der Waals surface area contributed by atoms with Crippen molar-refractivity contribution >= 4 is 0 Å². The van der Waals surface area contributed by atoms with E-state index in [0.717, 1.165) is 12.8 Å². The van der Waals surface area contributed by atoms with Gasteiger partial charge in [-0.25, -0.2) is 0 Å². The standard InChI is InChI=1S/C6H13NO2/c8-4-5-1-2-6(9)3-7-5/h5-9H,1-4H2/t5-,6+/m1/s1. The molecule has 0 aromatic heterocycles. The minimum absolute atomic E-state index is 0.187. The van der Waals surface area contributed by atoms with Crippen LogP contribution in [0.3, 0.4) is 0 Å². The molecule has 1 fully saturated rings. The highest BCUT2D eigenvalue weighted by atomic mass is 16.3. The Morgan fingerprint density at radius 3 is 2.67 bits per heavy atom. The third-order valence-electron chi connectivity index (χ3n) is 1.71. The zero-order chi connectivity index (χ0) is 6.69. The third-order valence-corrected chi connectivity index (χ3v) is 1.71. The predicted molar refractivity (Wildman–Crippen MR) is 34.1 cm³/mol. The molecule has 3 N–H and O–H groups in total. The Morgan fingerprint density at radius 1 is 1.44 bits per heavy atom. The van der Waals surface area contributed by atoms with Crippen molar-refractivity contribution in [3.05, 3.63) is 0 Å². The summed E-state index contributed by atoms with van der Waals surface area (Å²) in [6, 6.07) is 0.216. The summed E-state index contributed by atoms with van der Waals surface area (Å²) in [5, 5.41) is 20.6. The average Bonchev–Trinajstić information content (AvgIpc) is 1.90. The Morgan fingerprint density at radius 2 is 2.22 bits per heavy atom. The molecule has 0 aromatic rings. The van der Waals surface area contributed by atoms with Crippen molar-refractivity contribution in [1.29, 1.82) is 0 Å². The molecule has 3 nitrogen and oxygen atoms in total. The first-order valence-electron chi connectivity index (χ1n) is 3.35. The van der Waals surface area contributed by atoms with E-state index in [0.29, 0.717) is 6.54 Å². The van der Waals surface area contributed by atoms with Gasteiger partial charge in [0, 0.05) is 12.6 Å². The number of nitrogens with one attached hydrogen (secondary N) is 1. The molecule has 0 amide bonds. The molecule has 0 aromatic carbocycles. The Hall–Kier alpha value is -0.120. The van der Waals surface area contributed by atoms with Crippen LogP contribution < -0.4 is 5.32 Å². The maximum Gasteiger partial charge on any atom is 0.0665 e. The number of β-amino-alcohol motifs (C(OH)–C–C–N with tert-alkyl or cyclic N) is 1. The fourth-order valence-corrected chi connectivity index (χ4v) is 1.06. The molecule has 1 aliphatic rings. The first-order chi connectivity index (χ1) is 4.33. The van der Waals surface area contributed by atoms with E-state index in [2.05, 4.69) is 5.32 Å². The van der Waals surface area contributed by atoms with Gasteiger partial charge in [0.15, 0.2) is 0 Å². The van der Waals surface area contributed by atoms with Crippen LogP contribution in [0.2, 0.25) is 0 Å². The van der Waals surface area contributed by atoms with Crippen molar-refractivity contribution in [2.75, 3.05) is 13.2 Å². The lowest BCUT2D eigenvalue weighted by Crippen LogP contribution is -2.43. The summed E-state index contributed by atoms with van der Waals surface area (Å²) in [6.07, 6.45) is 1.50. The minimum Gasteiger partial charge on any atom is -0.395 e. The van der Waals surface area contributed by atoms with Gasteiger partial charge in [0.05, 0.1) is 12.7 Å². The fourth-order valence-electron chi connectivity index (χ4n) is 1.06. The fraction of sp³-hybridized carbons (Fsp3) is 1.00. The van der Waals surface area contributed by atoms with Gasteiger partial charge in [0.2, 0.25) is 0 Å². The van der Waals surface area contributed by atoms with E-state index in [-0.39, 0.29) is 18.8 Å². The summed E-state index contributed by atoms with van der Waals surface area (Å²) >= 11 is 0. The van der Waals surface area contributed by atoms with Crippen molar-refractivity contribution < 1.29 is 10.2 Å². The van der Waals surface area contributed by atoms with Gasteiger partial charge in [0.25, 0.3) is 0 Å². The second-order valence-corrected chi connectivity index (χ2v) is 2.52. The van der Waals surface area contributed by atoms with E-state index in [1.54, 1.807) is 0 Å². The molecular weight excluding hydrogens is 118 g/mol. The van der Waals surface area contributed by atoms with E-state index in [4.69, 9.17) is 10.2 Å². The second-order valence-electron chi connectivity index (χ2n) is 2.52. The van der Waals surface area contributed by atoms with Crippen LogP contribution in [0.15, 0.2) is 0 Å². The maximum atomic E-state index is 8.98. The van der Waals surface area contributed by atoms with Crippen molar-refractivity contribution in [1.82, 2.24) is 5.32 Å². The molecule has 1 heterocycles. The summed E-state index contributed by atoms with van der Waals surface area (Å²) in [5.74, 6) is 0. The second kappa shape index (κ2) is 3.15. The van der Waals surface area contributed by atoms with Gasteiger partial charge in [0.1, 0.15) is 0 Å². The van der Waals surface area contributed by atoms with Gasteiger partial charge in [-0.2, -0.15) is 0 Å². The van der Waals surface area contributed by atoms with Crippen molar-refractivity contribution in [3.63, 3.8) is 0 Å². The maximum absolute atomic E-state index is 8.98. The largest absolute Gasteiger partial charge is 0.395 e. The molecule has 0 spiro atoms. The Balaban J connectivity index is 2.18. The topological polar surface area (TPSA) is 52.5 Å². The first kappa shape index (κ1) is 6.99. The average molecular weight is 131 g/mol. The number of rotatable bonds is 1. The molecule has 0 saturated carbocycles. The highest BCUT2D eigenvalue weighted by molar-refractivity contribution is 4.75. The number of piperidine rings is 1. The van der Waals surface area contributed by atoms with E-state index in [1.165, 1.54) is 0 Å². The molecule has 1 aliphatic heterocycles. The van der Waals surface area contributed by atoms with Crippen LogP contribution in [0.4, 0.5) is 0 Å². The number of aliphatic hydroxyl groups excluding tert-OH is 2. The van der Waals surface area contributed by atoms with Gasteiger partial charge in [-0.05, 0) is 12.8 Å². The molecule has 0 radical (unpaired) electrons. The van der Waals surface area contributed by atoms with Crippen LogP contribution >= 0.6 is 0 Å². The van der Waals surface area contributed by atoms with Crippen LogP contribution in [0.25, 0.3) is 0 Å². The monoisotopic (exact) mass is 131 g/mol. The summed E-state index contributed by atoms with van der Waals surface area (Å²) < 4.78 is 0. The predicted octanol–water partition coefficient (Wildman–Crippen LogP) is -0.908. The van der Waals surface area contributed by atoms with Gasteiger partial charge in [-0.1, -0.05) is 0 Å². The molecule has 1 saturated heterocycles. The van der Waals surface area contributed by atoms with Crippen molar-refractivity contribution in [3.8, 4) is 0 Å². The SMILES string of the molecule is OC[C@H]1CC[C@H](O)CN1. The van der Waals surface area contributed by atoms with E-state index in [9.17, 15) is 0 Å². The first-order valence-corrected chi connectivity index (χ1v) is 3.35. The van der Waals surface area contributed by atoms with Crippen LogP contribution in [-0.2, 0) is 0 Å². The Bertz CT molecular complexity index is 79.1. The summed E-state index contributed by atoms with van der Waals surface area (Å²) in [7, 11) is 0. The quantitative estimate of drug-likeness (QED) is 0.432. The van der Waals surface area contributed by atoms with Crippen LogP contribution in [0, 0.1) is 0 Å². The molecule has 0 bridgehead atoms. The van der Waals surface area contributed by atoms with Gasteiger partial charge < -0.3 is 15.5 Å². The van der Waals surface area contributed by atoms with Gasteiger partial charge in [-0.15, -0.1) is 0 Å². The highest BCUT2D eigenvalue weighted by Crippen LogP contribution is 2.06. The number of hydrogen-bond acceptors (Lipinski definition) is 3. The van der Waals surface area contributed by atoms with Gasteiger partial charge >= 0.3 is 0 Å². The van der Waals surface area contributed by atoms with E-state index >= 15 is 0 Å². The van der Waals surface area contributed by atoms with E-state index in [1.807, 2.05) is 0 Å². The minimum atomic E-state index is -0.201. The molecule has 2 atom stereocenters. The lowest BCUT2D eigenvalue weighted by molar-refractivity contribution is 0.108. The normalized spacial score (nSPS) is 36.7. The zero-order valence-corrected chi connectivity index (χ0v) is 5.38. The summed E-state index contributed by atoms with van der Waals surface area (Å²) in [4.78, 5) is 0. The molecule has 1 rings (SSSR count). The van der Waals surface area contributed by atoms with Crippen LogP contribution in [-0.4, -0.2) is 35.5 Å². The third kappa shape index (κ3) is 1.93. The molecule has 9 heavy (non-hydrogen) atoms. The lowest BCUT2D eigenvalue weighted by Gasteiger charge is -2.25. The van der Waals surface area contributed by atoms with Crippen LogP contribution in [0.5, 0.6) is 0 Å². The summed E-state index contributed by atoms with van der Waals surface area (Å²) in [5.41, 5.74) is 0. The number of hydrogen-bond donors (Lipinski definition) is 3. The Labute approximate surface area is 54.7 Å². The number of aliphatic hydroxyl groups is 2. The molecule has 0 aliphatic carbocycles. The Kier molecular flexibility index (Phi) is 2.45. The molecule has 3 heteroatoms. The molecule has 0 unspecified atom stereocenters. The highest BCUT2D eigenvalue weighted by Gasteiger charge is 2.16. The van der Waals surface area contributed by atoms with Crippen LogP contribution in [0.1, 0.15) is 12.8 Å². The van der Waals surface area contributed by atoms with E-state index < -0.39 is 0 Å². The smallest absolute Gasteiger partial charge is 0.0665 e. The van der Waals surface area contributed by atoms with Crippen molar-refractivity contribution in [2.45, 2.75) is 25.0 Å². The molecular formula is C6H13NO2. The summed E-state index contributed by atoms with van der Waals surface area (Å²) in [6.45, 7) is 0.817. The zero-order valence-electron chi connectivity index (χ0n) is 5.38. The molecule has 54 valence electrons. The van der Waals surface area contributed by atoms with Gasteiger partial charge in [-0.3, -0.25) is 0 Å². The van der Waals surface area contributed by atoms with Crippen molar-refractivity contribution in [2.24, 2.45) is 0 Å². The lowest BCUT2D eigenvalue weighted by atomic mass is 10.0.